The standard InChI is InChI=1S/C24H28N4O3/c1-14-4-7-22(15(2)26-14)31-23-10-18-12-28(11-17(18)9-21(23)29)24(30)16-5-6-20-19(8-16)25-13-27(20)3/h4-8,13,17-18,21,23,29H,9-12H2,1-3H3/t17-,18+,21+,23+/m0/s1. The number of fused-ring (bicyclic) bond motifs is 2. The number of hydrogen-bond acceptors (Lipinski definition) is 5. The third kappa shape index (κ3) is 3.67. The first kappa shape index (κ1) is 20.0. The Balaban J connectivity index is 1.29. The lowest BCUT2D eigenvalue weighted by Gasteiger charge is -2.35. The number of likely N-dealkylation sites (tertiary alicyclic amines) is 1. The number of aliphatic hydroxyl groups excluding tert-OH is 1. The summed E-state index contributed by atoms with van der Waals surface area (Å²) in [6.07, 6.45) is 2.33. The molecular weight excluding hydrogens is 392 g/mol. The predicted octanol–water partition coefficient (Wildman–Crippen LogP) is 2.88. The van der Waals surface area contributed by atoms with Crippen molar-refractivity contribution in [3.8, 4) is 5.75 Å². The predicted molar refractivity (Wildman–Crippen MR) is 117 cm³/mol. The van der Waals surface area contributed by atoms with Gasteiger partial charge >= 0.3 is 0 Å². The zero-order valence-electron chi connectivity index (χ0n) is 18.2. The second-order valence-electron chi connectivity index (χ2n) is 9.02. The Morgan fingerprint density at radius 2 is 1.90 bits per heavy atom. The number of ether oxygens (including phenoxy) is 1. The Morgan fingerprint density at radius 1 is 1.13 bits per heavy atom. The summed E-state index contributed by atoms with van der Waals surface area (Å²) in [5, 5.41) is 10.7. The van der Waals surface area contributed by atoms with Crippen LogP contribution in [0.5, 0.6) is 5.75 Å². The molecule has 0 spiro atoms. The summed E-state index contributed by atoms with van der Waals surface area (Å²) in [7, 11) is 1.94. The first-order valence-electron chi connectivity index (χ1n) is 10.9. The second kappa shape index (κ2) is 7.64. The van der Waals surface area contributed by atoms with Gasteiger partial charge in [0, 0.05) is 31.4 Å². The normalized spacial score (nSPS) is 25.6. The fourth-order valence-electron chi connectivity index (χ4n) is 5.10. The highest BCUT2D eigenvalue weighted by molar-refractivity contribution is 5.97. The summed E-state index contributed by atoms with van der Waals surface area (Å²) in [4.78, 5) is 23.9. The van der Waals surface area contributed by atoms with Crippen molar-refractivity contribution in [1.82, 2.24) is 19.4 Å². The summed E-state index contributed by atoms with van der Waals surface area (Å²) in [5.74, 6) is 1.39. The van der Waals surface area contributed by atoms with Gasteiger partial charge in [0.25, 0.3) is 5.91 Å². The van der Waals surface area contributed by atoms with Crippen molar-refractivity contribution >= 4 is 16.9 Å². The molecule has 7 heteroatoms. The Kier molecular flexibility index (Phi) is 4.93. The van der Waals surface area contributed by atoms with Crippen LogP contribution in [0.2, 0.25) is 0 Å². The van der Waals surface area contributed by atoms with Crippen LogP contribution >= 0.6 is 0 Å². The van der Waals surface area contributed by atoms with E-state index < -0.39 is 6.10 Å². The van der Waals surface area contributed by atoms with E-state index in [1.54, 1.807) is 6.33 Å². The van der Waals surface area contributed by atoms with Gasteiger partial charge in [0.2, 0.25) is 0 Å². The van der Waals surface area contributed by atoms with E-state index in [9.17, 15) is 9.90 Å². The van der Waals surface area contributed by atoms with Crippen LogP contribution in [0.3, 0.4) is 0 Å². The number of aliphatic hydroxyl groups is 1. The maximum absolute atomic E-state index is 13.2. The Labute approximate surface area is 181 Å². The molecule has 1 saturated heterocycles. The lowest BCUT2D eigenvalue weighted by Crippen LogP contribution is -2.42. The largest absolute Gasteiger partial charge is 0.486 e. The van der Waals surface area contributed by atoms with E-state index in [1.165, 1.54) is 0 Å². The number of hydrogen-bond donors (Lipinski definition) is 1. The van der Waals surface area contributed by atoms with E-state index in [-0.39, 0.29) is 12.0 Å². The summed E-state index contributed by atoms with van der Waals surface area (Å²) < 4.78 is 8.11. The molecule has 31 heavy (non-hydrogen) atoms. The first-order chi connectivity index (χ1) is 14.9. The van der Waals surface area contributed by atoms with E-state index in [0.717, 1.165) is 34.6 Å². The van der Waals surface area contributed by atoms with E-state index in [2.05, 4.69) is 9.97 Å². The number of imidazole rings is 1. The summed E-state index contributed by atoms with van der Waals surface area (Å²) in [6.45, 7) is 5.25. The van der Waals surface area contributed by atoms with Crippen LogP contribution in [0.25, 0.3) is 11.0 Å². The van der Waals surface area contributed by atoms with Gasteiger partial charge in [-0.2, -0.15) is 0 Å². The zero-order chi connectivity index (χ0) is 21.7. The maximum Gasteiger partial charge on any atom is 0.253 e. The van der Waals surface area contributed by atoms with Gasteiger partial charge in [0.15, 0.2) is 0 Å². The number of rotatable bonds is 3. The van der Waals surface area contributed by atoms with Gasteiger partial charge in [-0.25, -0.2) is 4.98 Å². The van der Waals surface area contributed by atoms with Gasteiger partial charge in [0.1, 0.15) is 11.9 Å². The van der Waals surface area contributed by atoms with Gasteiger partial charge in [-0.3, -0.25) is 9.78 Å². The number of amides is 1. The van der Waals surface area contributed by atoms with Crippen molar-refractivity contribution < 1.29 is 14.6 Å². The molecule has 3 aromatic rings. The Morgan fingerprint density at radius 3 is 2.68 bits per heavy atom. The molecule has 7 nitrogen and oxygen atoms in total. The average Bonchev–Trinajstić information content (AvgIpc) is 3.32. The first-order valence-corrected chi connectivity index (χ1v) is 10.9. The molecule has 162 valence electrons. The molecule has 4 atom stereocenters. The molecule has 0 bridgehead atoms. The molecule has 3 heterocycles. The molecule has 2 aromatic heterocycles. The number of carbonyl (C=O) groups is 1. The van der Waals surface area contributed by atoms with E-state index in [1.807, 2.05) is 60.7 Å². The molecule has 2 fully saturated rings. The molecule has 1 N–H and O–H groups in total. The van der Waals surface area contributed by atoms with Crippen LogP contribution in [0.4, 0.5) is 0 Å². The number of benzene rings is 1. The van der Waals surface area contributed by atoms with Gasteiger partial charge in [-0.05, 0) is 68.9 Å². The lowest BCUT2D eigenvalue weighted by atomic mass is 9.78. The summed E-state index contributed by atoms with van der Waals surface area (Å²) in [5.41, 5.74) is 4.29. The molecule has 1 aromatic carbocycles. The highest BCUT2D eigenvalue weighted by Crippen LogP contribution is 2.38. The lowest BCUT2D eigenvalue weighted by molar-refractivity contribution is -0.0236. The fourth-order valence-corrected chi connectivity index (χ4v) is 5.10. The highest BCUT2D eigenvalue weighted by Gasteiger charge is 2.44. The van der Waals surface area contributed by atoms with Gasteiger partial charge in [-0.1, -0.05) is 0 Å². The van der Waals surface area contributed by atoms with Crippen molar-refractivity contribution in [2.75, 3.05) is 13.1 Å². The Bertz CT molecular complexity index is 1140. The topological polar surface area (TPSA) is 80.5 Å². The van der Waals surface area contributed by atoms with Crippen molar-refractivity contribution in [1.29, 1.82) is 0 Å². The third-order valence-electron chi connectivity index (χ3n) is 6.80. The number of aromatic nitrogens is 3. The minimum Gasteiger partial charge on any atom is -0.486 e. The second-order valence-corrected chi connectivity index (χ2v) is 9.02. The quantitative estimate of drug-likeness (QED) is 0.705. The minimum atomic E-state index is -0.540. The number of carbonyl (C=O) groups excluding carboxylic acids is 1. The van der Waals surface area contributed by atoms with Crippen LogP contribution in [0.1, 0.15) is 34.6 Å². The number of pyridine rings is 1. The van der Waals surface area contributed by atoms with E-state index >= 15 is 0 Å². The van der Waals surface area contributed by atoms with Crippen LogP contribution in [-0.4, -0.2) is 55.7 Å². The number of nitrogens with zero attached hydrogens (tertiary/aromatic N) is 4. The molecule has 0 unspecified atom stereocenters. The van der Waals surface area contributed by atoms with Gasteiger partial charge in [-0.15, -0.1) is 0 Å². The smallest absolute Gasteiger partial charge is 0.253 e. The maximum atomic E-state index is 13.2. The van der Waals surface area contributed by atoms with Crippen molar-refractivity contribution in [2.24, 2.45) is 18.9 Å². The average molecular weight is 421 g/mol. The summed E-state index contributed by atoms with van der Waals surface area (Å²) >= 11 is 0. The molecular formula is C24H28N4O3. The fraction of sp³-hybridized carbons (Fsp3) is 0.458. The third-order valence-corrected chi connectivity index (χ3v) is 6.80. The monoisotopic (exact) mass is 420 g/mol. The minimum absolute atomic E-state index is 0.0347. The van der Waals surface area contributed by atoms with Crippen molar-refractivity contribution in [3.05, 3.63) is 53.6 Å². The molecule has 5 rings (SSSR count). The van der Waals surface area contributed by atoms with E-state index in [4.69, 9.17) is 4.74 Å². The van der Waals surface area contributed by atoms with Crippen LogP contribution in [0, 0.1) is 25.7 Å². The van der Waals surface area contributed by atoms with Crippen LogP contribution in [-0.2, 0) is 7.05 Å². The zero-order valence-corrected chi connectivity index (χ0v) is 18.2. The SMILES string of the molecule is Cc1ccc(O[C@@H]2C[C@@H]3CN(C(=O)c4ccc5c(c4)ncn5C)C[C@@H]3C[C@H]2O)c(C)n1. The molecule has 1 amide bonds. The van der Waals surface area contributed by atoms with E-state index in [0.29, 0.717) is 36.9 Å². The molecule has 2 aliphatic rings. The van der Waals surface area contributed by atoms with Gasteiger partial charge < -0.3 is 19.3 Å². The Hall–Kier alpha value is -2.93. The molecule has 1 aliphatic heterocycles. The molecule has 0 radical (unpaired) electrons. The highest BCUT2D eigenvalue weighted by atomic mass is 16.5. The van der Waals surface area contributed by atoms with Gasteiger partial charge in [0.05, 0.1) is 29.2 Å². The van der Waals surface area contributed by atoms with Crippen molar-refractivity contribution in [2.45, 2.75) is 38.9 Å². The summed E-state index contributed by atoms with van der Waals surface area (Å²) in [6, 6.07) is 9.55. The van der Waals surface area contributed by atoms with Crippen molar-refractivity contribution in [3.63, 3.8) is 0 Å². The molecule has 1 saturated carbocycles. The number of aryl methyl sites for hydroxylation is 3. The van der Waals surface area contributed by atoms with Crippen LogP contribution < -0.4 is 4.74 Å². The van der Waals surface area contributed by atoms with Crippen LogP contribution in [0.15, 0.2) is 36.7 Å². The molecule has 1 aliphatic carbocycles.